The van der Waals surface area contributed by atoms with Crippen LogP contribution < -0.4 is 10.1 Å². The molecule has 1 aromatic carbocycles. The van der Waals surface area contributed by atoms with Gasteiger partial charge in [0.05, 0.1) is 18.9 Å². The predicted molar refractivity (Wildman–Crippen MR) is 118 cm³/mol. The SMILES string of the molecule is COc1cc(-c2cnn(C)c2)ccc1Cc1ncc2ccnc(NCC3(O)CC3)c2n1. The van der Waals surface area contributed by atoms with Crippen molar-refractivity contribution in [1.82, 2.24) is 24.7 Å². The monoisotopic (exact) mass is 416 g/mol. The standard InChI is InChI=1S/C23H24N6O2/c1-29-13-18(12-27-29)15-3-4-16(19(9-15)31-2)10-20-25-11-17-5-8-24-22(21(17)28-20)26-14-23(30)6-7-23/h3-5,8-9,11-13,30H,6-7,10,14H2,1-2H3,(H,24,26). The summed E-state index contributed by atoms with van der Waals surface area (Å²) in [6.07, 6.45) is 9.52. The normalized spacial score (nSPS) is 14.5. The minimum Gasteiger partial charge on any atom is -0.496 e. The highest BCUT2D eigenvalue weighted by Gasteiger charge is 2.40. The number of anilines is 1. The molecule has 1 fully saturated rings. The number of aromatic nitrogens is 5. The van der Waals surface area contributed by atoms with Gasteiger partial charge in [-0.15, -0.1) is 0 Å². The predicted octanol–water partition coefficient (Wildman–Crippen LogP) is 2.96. The quantitative estimate of drug-likeness (QED) is 0.478. The summed E-state index contributed by atoms with van der Waals surface area (Å²) in [5.41, 5.74) is 3.22. The van der Waals surface area contributed by atoms with E-state index in [-0.39, 0.29) is 0 Å². The Morgan fingerprint density at radius 1 is 1.16 bits per heavy atom. The molecule has 1 aliphatic carbocycles. The third-order valence-electron chi connectivity index (χ3n) is 5.63. The van der Waals surface area contributed by atoms with E-state index in [0.29, 0.717) is 24.6 Å². The zero-order valence-electron chi connectivity index (χ0n) is 17.5. The molecule has 2 N–H and O–H groups in total. The van der Waals surface area contributed by atoms with Crippen molar-refractivity contribution in [2.45, 2.75) is 24.9 Å². The van der Waals surface area contributed by atoms with Gasteiger partial charge in [0.15, 0.2) is 5.82 Å². The summed E-state index contributed by atoms with van der Waals surface area (Å²) in [4.78, 5) is 13.7. The first-order valence-corrected chi connectivity index (χ1v) is 10.3. The zero-order chi connectivity index (χ0) is 21.4. The van der Waals surface area contributed by atoms with Crippen LogP contribution in [-0.2, 0) is 13.5 Å². The lowest BCUT2D eigenvalue weighted by molar-refractivity contribution is 0.164. The molecule has 0 amide bonds. The Morgan fingerprint density at radius 2 is 2.03 bits per heavy atom. The Bertz CT molecular complexity index is 1250. The Labute approximate surface area is 179 Å². The van der Waals surface area contributed by atoms with Gasteiger partial charge in [0.1, 0.15) is 17.1 Å². The number of nitrogens with zero attached hydrogens (tertiary/aromatic N) is 5. The van der Waals surface area contributed by atoms with Crippen LogP contribution in [0, 0.1) is 0 Å². The molecule has 0 bridgehead atoms. The average Bonchev–Trinajstić information content (AvgIpc) is 3.36. The van der Waals surface area contributed by atoms with E-state index in [0.717, 1.165) is 46.2 Å². The molecule has 3 aromatic heterocycles. The van der Waals surface area contributed by atoms with Gasteiger partial charge < -0.3 is 15.2 Å². The molecule has 1 saturated carbocycles. The molecule has 4 aromatic rings. The molecular formula is C23H24N6O2. The summed E-state index contributed by atoms with van der Waals surface area (Å²) >= 11 is 0. The summed E-state index contributed by atoms with van der Waals surface area (Å²) in [6.45, 7) is 0.474. The van der Waals surface area contributed by atoms with Crippen molar-refractivity contribution < 1.29 is 9.84 Å². The van der Waals surface area contributed by atoms with Gasteiger partial charge in [-0.3, -0.25) is 4.68 Å². The molecule has 0 unspecified atom stereocenters. The van der Waals surface area contributed by atoms with Gasteiger partial charge in [0.2, 0.25) is 0 Å². The Morgan fingerprint density at radius 3 is 2.77 bits per heavy atom. The molecule has 8 nitrogen and oxygen atoms in total. The van der Waals surface area contributed by atoms with Crippen molar-refractivity contribution >= 4 is 16.7 Å². The lowest BCUT2D eigenvalue weighted by Crippen LogP contribution is -2.21. The molecule has 8 heteroatoms. The number of benzene rings is 1. The highest BCUT2D eigenvalue weighted by molar-refractivity contribution is 5.87. The lowest BCUT2D eigenvalue weighted by atomic mass is 10.0. The molecule has 158 valence electrons. The molecule has 1 aliphatic rings. The van der Waals surface area contributed by atoms with Crippen molar-refractivity contribution in [2.24, 2.45) is 7.05 Å². The summed E-state index contributed by atoms with van der Waals surface area (Å²) in [5.74, 6) is 2.13. The molecule has 0 radical (unpaired) electrons. The number of pyridine rings is 1. The van der Waals surface area contributed by atoms with Gasteiger partial charge >= 0.3 is 0 Å². The first-order chi connectivity index (χ1) is 15.0. The molecule has 31 heavy (non-hydrogen) atoms. The molecule has 0 aliphatic heterocycles. The summed E-state index contributed by atoms with van der Waals surface area (Å²) < 4.78 is 7.42. The first-order valence-electron chi connectivity index (χ1n) is 10.3. The number of hydrogen-bond donors (Lipinski definition) is 2. The van der Waals surface area contributed by atoms with Crippen molar-refractivity contribution in [3.63, 3.8) is 0 Å². The maximum Gasteiger partial charge on any atom is 0.152 e. The van der Waals surface area contributed by atoms with E-state index in [1.165, 1.54) is 0 Å². The molecule has 0 saturated heterocycles. The van der Waals surface area contributed by atoms with Gasteiger partial charge in [-0.05, 0) is 30.5 Å². The van der Waals surface area contributed by atoms with E-state index in [1.807, 2.05) is 43.8 Å². The minimum atomic E-state index is -0.608. The van der Waals surface area contributed by atoms with Crippen LogP contribution in [0.3, 0.4) is 0 Å². The summed E-state index contributed by atoms with van der Waals surface area (Å²) in [6, 6.07) is 8.00. The third-order valence-corrected chi connectivity index (χ3v) is 5.63. The van der Waals surface area contributed by atoms with Crippen LogP contribution in [0.5, 0.6) is 5.75 Å². The van der Waals surface area contributed by atoms with E-state index in [2.05, 4.69) is 26.4 Å². The maximum atomic E-state index is 10.1. The van der Waals surface area contributed by atoms with Crippen LogP contribution in [0.2, 0.25) is 0 Å². The molecule has 0 atom stereocenters. The van der Waals surface area contributed by atoms with E-state index < -0.39 is 5.60 Å². The second-order valence-electron chi connectivity index (χ2n) is 8.07. The van der Waals surface area contributed by atoms with Crippen molar-refractivity contribution in [2.75, 3.05) is 19.0 Å². The van der Waals surface area contributed by atoms with Crippen molar-refractivity contribution in [3.8, 4) is 16.9 Å². The Balaban J connectivity index is 1.43. The number of rotatable bonds is 7. The van der Waals surface area contributed by atoms with E-state index in [9.17, 15) is 5.11 Å². The topological polar surface area (TPSA) is 98.0 Å². The van der Waals surface area contributed by atoms with Crippen LogP contribution in [0.15, 0.2) is 49.1 Å². The number of fused-ring (bicyclic) bond motifs is 1. The maximum absolute atomic E-state index is 10.1. The lowest BCUT2D eigenvalue weighted by Gasteiger charge is -2.13. The third kappa shape index (κ3) is 4.06. The number of hydrogen-bond acceptors (Lipinski definition) is 7. The fourth-order valence-electron chi connectivity index (χ4n) is 3.59. The number of aliphatic hydroxyl groups is 1. The molecular weight excluding hydrogens is 392 g/mol. The molecule has 3 heterocycles. The fraction of sp³-hybridized carbons (Fsp3) is 0.304. The highest BCUT2D eigenvalue weighted by atomic mass is 16.5. The number of methoxy groups -OCH3 is 1. The van der Waals surface area contributed by atoms with Gasteiger partial charge in [-0.1, -0.05) is 12.1 Å². The zero-order valence-corrected chi connectivity index (χ0v) is 17.5. The van der Waals surface area contributed by atoms with Gasteiger partial charge in [0.25, 0.3) is 0 Å². The second kappa shape index (κ2) is 7.63. The van der Waals surface area contributed by atoms with Crippen LogP contribution >= 0.6 is 0 Å². The van der Waals surface area contributed by atoms with Crippen LogP contribution in [0.1, 0.15) is 24.2 Å². The largest absolute Gasteiger partial charge is 0.496 e. The molecule has 5 rings (SSSR count). The Kier molecular flexibility index (Phi) is 4.78. The fourth-order valence-corrected chi connectivity index (χ4v) is 3.59. The van der Waals surface area contributed by atoms with Gasteiger partial charge in [0, 0.05) is 55.1 Å². The Hall–Kier alpha value is -3.52. The summed E-state index contributed by atoms with van der Waals surface area (Å²) in [5, 5.41) is 18.5. The highest BCUT2D eigenvalue weighted by Crippen LogP contribution is 2.35. The number of aryl methyl sites for hydroxylation is 1. The van der Waals surface area contributed by atoms with Crippen molar-refractivity contribution in [1.29, 1.82) is 0 Å². The summed E-state index contributed by atoms with van der Waals surface area (Å²) in [7, 11) is 3.57. The smallest absolute Gasteiger partial charge is 0.152 e. The van der Waals surface area contributed by atoms with E-state index in [1.54, 1.807) is 18.0 Å². The van der Waals surface area contributed by atoms with Gasteiger partial charge in [-0.2, -0.15) is 5.10 Å². The van der Waals surface area contributed by atoms with Gasteiger partial charge in [-0.25, -0.2) is 15.0 Å². The second-order valence-corrected chi connectivity index (χ2v) is 8.07. The minimum absolute atomic E-state index is 0.474. The van der Waals surface area contributed by atoms with Crippen LogP contribution in [-0.4, -0.2) is 49.1 Å². The van der Waals surface area contributed by atoms with Crippen LogP contribution in [0.4, 0.5) is 5.82 Å². The van der Waals surface area contributed by atoms with Crippen molar-refractivity contribution in [3.05, 3.63) is 60.4 Å². The van der Waals surface area contributed by atoms with Crippen LogP contribution in [0.25, 0.3) is 22.0 Å². The average molecular weight is 416 g/mol. The number of nitrogens with one attached hydrogen (secondary N) is 1. The van der Waals surface area contributed by atoms with E-state index in [4.69, 9.17) is 9.72 Å². The first kappa shape index (κ1) is 19.4. The number of ether oxygens (including phenoxy) is 1. The van der Waals surface area contributed by atoms with E-state index >= 15 is 0 Å². The molecule has 0 spiro atoms.